The Kier molecular flexibility index (Phi) is 3.87. The van der Waals surface area contributed by atoms with Gasteiger partial charge in [-0.15, -0.1) is 0 Å². The smallest absolute Gasteiger partial charge is 0.331 e. The highest BCUT2D eigenvalue weighted by atomic mass is 32.2. The fourth-order valence-corrected chi connectivity index (χ4v) is 2.58. The third-order valence-corrected chi connectivity index (χ3v) is 3.12. The second-order valence-electron chi connectivity index (χ2n) is 3.17. The lowest BCUT2D eigenvalue weighted by Gasteiger charge is -2.18. The van der Waals surface area contributed by atoms with E-state index < -0.39 is 5.97 Å². The number of rotatable bonds is 2. The second kappa shape index (κ2) is 4.76. The minimum Gasteiger partial charge on any atom is -0.466 e. The summed E-state index contributed by atoms with van der Waals surface area (Å²) in [5.41, 5.74) is 0. The maximum absolute atomic E-state index is 11.8. The first-order chi connectivity index (χ1) is 6.97. The number of carbonyl (C=O) groups excluding carboxylic acids is 2. The van der Waals surface area contributed by atoms with Crippen molar-refractivity contribution in [2.75, 3.05) is 7.11 Å². The van der Waals surface area contributed by atoms with Gasteiger partial charge in [0.25, 0.3) is 5.91 Å². The highest BCUT2D eigenvalue weighted by molar-refractivity contribution is 8.26. The van der Waals surface area contributed by atoms with Gasteiger partial charge in [0, 0.05) is 12.1 Å². The van der Waals surface area contributed by atoms with Crippen molar-refractivity contribution in [2.45, 2.75) is 19.9 Å². The van der Waals surface area contributed by atoms with E-state index in [9.17, 15) is 9.59 Å². The van der Waals surface area contributed by atoms with E-state index in [1.54, 1.807) is 0 Å². The minimum atomic E-state index is -0.542. The molecule has 0 saturated carbocycles. The highest BCUT2D eigenvalue weighted by Crippen LogP contribution is 2.32. The number of amides is 1. The Bertz CT molecular complexity index is 349. The predicted octanol–water partition coefficient (Wildman–Crippen LogP) is 1.31. The van der Waals surface area contributed by atoms with Crippen LogP contribution in [0.4, 0.5) is 0 Å². The molecule has 1 heterocycles. The van der Waals surface area contributed by atoms with E-state index in [4.69, 9.17) is 12.2 Å². The first-order valence-electron chi connectivity index (χ1n) is 4.32. The molecule has 0 unspecified atom stereocenters. The zero-order chi connectivity index (χ0) is 11.6. The highest BCUT2D eigenvalue weighted by Gasteiger charge is 2.34. The van der Waals surface area contributed by atoms with Crippen LogP contribution >= 0.6 is 24.0 Å². The van der Waals surface area contributed by atoms with Crippen molar-refractivity contribution >= 4 is 40.2 Å². The van der Waals surface area contributed by atoms with Gasteiger partial charge in [-0.2, -0.15) is 0 Å². The third-order valence-electron chi connectivity index (χ3n) is 1.79. The van der Waals surface area contributed by atoms with Gasteiger partial charge in [-0.25, -0.2) is 4.79 Å². The van der Waals surface area contributed by atoms with Gasteiger partial charge < -0.3 is 4.74 Å². The summed E-state index contributed by atoms with van der Waals surface area (Å²) in [6.45, 7) is 3.73. The summed E-state index contributed by atoms with van der Waals surface area (Å²) in [7, 11) is 1.27. The van der Waals surface area contributed by atoms with Gasteiger partial charge in [-0.05, 0) is 13.8 Å². The first-order valence-corrected chi connectivity index (χ1v) is 5.55. The number of hydrogen-bond donors (Lipinski definition) is 0. The Morgan fingerprint density at radius 3 is 2.60 bits per heavy atom. The number of esters is 1. The molecule has 0 atom stereocenters. The maximum atomic E-state index is 11.8. The summed E-state index contributed by atoms with van der Waals surface area (Å²) < 4.78 is 4.93. The lowest BCUT2D eigenvalue weighted by atomic mass is 10.3. The van der Waals surface area contributed by atoms with E-state index >= 15 is 0 Å². The van der Waals surface area contributed by atoms with Crippen LogP contribution in [0.25, 0.3) is 0 Å². The Morgan fingerprint density at radius 1 is 1.60 bits per heavy atom. The summed E-state index contributed by atoms with van der Waals surface area (Å²) in [6.07, 6.45) is 1.17. The lowest BCUT2D eigenvalue weighted by Crippen LogP contribution is -2.34. The summed E-state index contributed by atoms with van der Waals surface area (Å²) in [4.78, 5) is 24.5. The molecule has 82 valence electrons. The molecule has 4 nitrogen and oxygen atoms in total. The molecule has 1 amide bonds. The van der Waals surface area contributed by atoms with E-state index in [1.165, 1.54) is 18.1 Å². The quantitative estimate of drug-likeness (QED) is 0.417. The molecule has 1 rings (SSSR count). The molecule has 0 aromatic carbocycles. The fraction of sp³-hybridized carbons (Fsp3) is 0.444. The number of thioether (sulfide) groups is 1. The monoisotopic (exact) mass is 245 g/mol. The van der Waals surface area contributed by atoms with Crippen molar-refractivity contribution in [3.63, 3.8) is 0 Å². The number of carbonyl (C=O) groups is 2. The summed E-state index contributed by atoms with van der Waals surface area (Å²) >= 11 is 6.16. The molecular formula is C9H11NO3S2. The molecule has 6 heteroatoms. The molecule has 1 aliphatic rings. The summed E-state index contributed by atoms with van der Waals surface area (Å²) in [5.74, 6) is -0.773. The molecule has 1 aliphatic heterocycles. The standard InChI is InChI=1S/C9H11NO3S2/c1-5(2)10-8(12)6(15-9(10)14)4-7(11)13-3/h4-5H,1-3H3. The van der Waals surface area contributed by atoms with Crippen LogP contribution in [-0.2, 0) is 14.3 Å². The number of hydrogen-bond acceptors (Lipinski definition) is 5. The summed E-state index contributed by atoms with van der Waals surface area (Å²) in [5, 5.41) is 0. The van der Waals surface area contributed by atoms with Crippen LogP contribution in [0.15, 0.2) is 11.0 Å². The van der Waals surface area contributed by atoms with Crippen molar-refractivity contribution < 1.29 is 14.3 Å². The minimum absolute atomic E-state index is 0.000969. The van der Waals surface area contributed by atoms with E-state index in [0.717, 1.165) is 11.8 Å². The van der Waals surface area contributed by atoms with Crippen molar-refractivity contribution in [1.82, 2.24) is 4.90 Å². The Morgan fingerprint density at radius 2 is 2.20 bits per heavy atom. The molecule has 15 heavy (non-hydrogen) atoms. The average Bonchev–Trinajstić information content (AvgIpc) is 2.41. The van der Waals surface area contributed by atoms with Crippen LogP contribution in [0, 0.1) is 0 Å². The van der Waals surface area contributed by atoms with Crippen molar-refractivity contribution in [2.24, 2.45) is 0 Å². The van der Waals surface area contributed by atoms with Gasteiger partial charge in [-0.1, -0.05) is 24.0 Å². The van der Waals surface area contributed by atoms with Crippen LogP contribution < -0.4 is 0 Å². The van der Waals surface area contributed by atoms with Crippen LogP contribution in [0.5, 0.6) is 0 Å². The molecule has 0 bridgehead atoms. The van der Waals surface area contributed by atoms with Crippen molar-refractivity contribution in [3.05, 3.63) is 11.0 Å². The fourth-order valence-electron chi connectivity index (χ4n) is 1.09. The second-order valence-corrected chi connectivity index (χ2v) is 4.84. The van der Waals surface area contributed by atoms with E-state index in [2.05, 4.69) is 4.74 Å². The number of nitrogens with zero attached hydrogens (tertiary/aromatic N) is 1. The van der Waals surface area contributed by atoms with Crippen molar-refractivity contribution in [1.29, 1.82) is 0 Å². The van der Waals surface area contributed by atoms with Crippen LogP contribution in [-0.4, -0.2) is 34.2 Å². The van der Waals surface area contributed by atoms with Gasteiger partial charge in [0.2, 0.25) is 0 Å². The van der Waals surface area contributed by atoms with Crippen LogP contribution in [0.2, 0.25) is 0 Å². The summed E-state index contributed by atoms with van der Waals surface area (Å²) in [6, 6.07) is 0.000969. The number of methoxy groups -OCH3 is 1. The van der Waals surface area contributed by atoms with E-state index in [0.29, 0.717) is 9.23 Å². The molecule has 0 spiro atoms. The molecule has 0 N–H and O–H groups in total. The zero-order valence-electron chi connectivity index (χ0n) is 8.64. The van der Waals surface area contributed by atoms with E-state index in [-0.39, 0.29) is 11.9 Å². The van der Waals surface area contributed by atoms with E-state index in [1.807, 2.05) is 13.8 Å². The average molecular weight is 245 g/mol. The molecule has 1 saturated heterocycles. The molecular weight excluding hydrogens is 234 g/mol. The van der Waals surface area contributed by atoms with Crippen LogP contribution in [0.3, 0.4) is 0 Å². The largest absolute Gasteiger partial charge is 0.466 e. The SMILES string of the molecule is COC(=O)C=C1SC(=S)N(C(C)C)C1=O. The van der Waals surface area contributed by atoms with Gasteiger partial charge in [-0.3, -0.25) is 9.69 Å². The predicted molar refractivity (Wildman–Crippen MR) is 62.3 cm³/mol. The first kappa shape index (κ1) is 12.2. The third kappa shape index (κ3) is 2.57. The Labute approximate surface area is 97.6 Å². The van der Waals surface area contributed by atoms with Crippen molar-refractivity contribution in [3.8, 4) is 0 Å². The topological polar surface area (TPSA) is 46.6 Å². The molecule has 0 aromatic rings. The Hall–Kier alpha value is -0.880. The van der Waals surface area contributed by atoms with Gasteiger partial charge >= 0.3 is 5.97 Å². The van der Waals surface area contributed by atoms with Gasteiger partial charge in [0.1, 0.15) is 4.32 Å². The van der Waals surface area contributed by atoms with Gasteiger partial charge in [0.05, 0.1) is 12.0 Å². The molecule has 0 aromatic heterocycles. The zero-order valence-corrected chi connectivity index (χ0v) is 10.3. The molecule has 0 aliphatic carbocycles. The normalized spacial score (nSPS) is 19.2. The molecule has 0 radical (unpaired) electrons. The van der Waals surface area contributed by atoms with Crippen LogP contribution in [0.1, 0.15) is 13.8 Å². The number of ether oxygens (including phenoxy) is 1. The Balaban J connectivity index is 2.91. The maximum Gasteiger partial charge on any atom is 0.331 e. The number of thiocarbonyl (C=S) groups is 1. The van der Waals surface area contributed by atoms with Gasteiger partial charge in [0.15, 0.2) is 0 Å². The molecule has 1 fully saturated rings. The lowest BCUT2D eigenvalue weighted by molar-refractivity contribution is -0.135.